The standard InChI is InChI=1S/C19H22N2O3/c1-21-11-12-24-18-9-6-15(13-17(18)21)20-19(22)10-5-14-3-7-16(23-2)8-4-14/h3-4,6-9,13H,5,10-12H2,1-2H3,(H,20,22). The van der Waals surface area contributed by atoms with Crippen LogP contribution in [-0.4, -0.2) is 33.2 Å². The van der Waals surface area contributed by atoms with Gasteiger partial charge in [0.25, 0.3) is 0 Å². The summed E-state index contributed by atoms with van der Waals surface area (Å²) in [5.74, 6) is 1.69. The summed E-state index contributed by atoms with van der Waals surface area (Å²) in [5, 5.41) is 2.96. The first kappa shape index (κ1) is 16.2. The lowest BCUT2D eigenvalue weighted by atomic mass is 10.1. The van der Waals surface area contributed by atoms with Gasteiger partial charge in [-0.05, 0) is 42.3 Å². The van der Waals surface area contributed by atoms with E-state index in [2.05, 4.69) is 10.2 Å². The molecule has 1 aliphatic heterocycles. The van der Waals surface area contributed by atoms with Crippen molar-refractivity contribution in [3.05, 3.63) is 48.0 Å². The minimum atomic E-state index is 0.00477. The Morgan fingerprint density at radius 3 is 2.79 bits per heavy atom. The molecule has 24 heavy (non-hydrogen) atoms. The van der Waals surface area contributed by atoms with Gasteiger partial charge in [0.2, 0.25) is 5.91 Å². The number of amides is 1. The minimum absolute atomic E-state index is 0.00477. The third-order valence-corrected chi connectivity index (χ3v) is 4.14. The fourth-order valence-electron chi connectivity index (χ4n) is 2.70. The monoisotopic (exact) mass is 326 g/mol. The molecule has 1 aliphatic rings. The summed E-state index contributed by atoms with van der Waals surface area (Å²) in [6.45, 7) is 1.54. The van der Waals surface area contributed by atoms with Crippen LogP contribution in [0.3, 0.4) is 0 Å². The topological polar surface area (TPSA) is 50.8 Å². The van der Waals surface area contributed by atoms with Gasteiger partial charge in [0.05, 0.1) is 19.3 Å². The third kappa shape index (κ3) is 3.79. The van der Waals surface area contributed by atoms with E-state index in [1.165, 1.54) is 0 Å². The van der Waals surface area contributed by atoms with E-state index in [1.54, 1.807) is 7.11 Å². The molecule has 0 saturated heterocycles. The van der Waals surface area contributed by atoms with E-state index in [-0.39, 0.29) is 5.91 Å². The Bertz CT molecular complexity index is 713. The lowest BCUT2D eigenvalue weighted by Crippen LogP contribution is -2.28. The van der Waals surface area contributed by atoms with Crippen LogP contribution in [-0.2, 0) is 11.2 Å². The maximum Gasteiger partial charge on any atom is 0.224 e. The Morgan fingerprint density at radius 2 is 2.04 bits per heavy atom. The van der Waals surface area contributed by atoms with Crippen LogP contribution in [0.4, 0.5) is 11.4 Å². The number of rotatable bonds is 5. The fraction of sp³-hybridized carbons (Fsp3) is 0.316. The van der Waals surface area contributed by atoms with Crippen molar-refractivity contribution in [2.45, 2.75) is 12.8 Å². The van der Waals surface area contributed by atoms with Crippen molar-refractivity contribution in [1.29, 1.82) is 0 Å². The number of ether oxygens (including phenoxy) is 2. The molecule has 0 aliphatic carbocycles. The third-order valence-electron chi connectivity index (χ3n) is 4.14. The van der Waals surface area contributed by atoms with Crippen LogP contribution < -0.4 is 19.7 Å². The van der Waals surface area contributed by atoms with Crippen molar-refractivity contribution in [2.24, 2.45) is 0 Å². The first-order chi connectivity index (χ1) is 11.7. The van der Waals surface area contributed by atoms with Crippen molar-refractivity contribution in [3.63, 3.8) is 0 Å². The number of nitrogens with zero attached hydrogens (tertiary/aromatic N) is 1. The van der Waals surface area contributed by atoms with Gasteiger partial charge in [0.1, 0.15) is 18.1 Å². The minimum Gasteiger partial charge on any atom is -0.497 e. The zero-order valence-corrected chi connectivity index (χ0v) is 14.0. The fourth-order valence-corrected chi connectivity index (χ4v) is 2.70. The van der Waals surface area contributed by atoms with Gasteiger partial charge in [0, 0.05) is 19.2 Å². The molecule has 0 unspecified atom stereocenters. The summed E-state index contributed by atoms with van der Waals surface area (Å²) in [5.41, 5.74) is 2.92. The molecular weight excluding hydrogens is 304 g/mol. The average molecular weight is 326 g/mol. The Morgan fingerprint density at radius 1 is 1.25 bits per heavy atom. The summed E-state index contributed by atoms with van der Waals surface area (Å²) in [6.07, 6.45) is 1.14. The summed E-state index contributed by atoms with van der Waals surface area (Å²) in [6, 6.07) is 13.5. The molecule has 5 nitrogen and oxygen atoms in total. The van der Waals surface area contributed by atoms with Gasteiger partial charge in [-0.15, -0.1) is 0 Å². The number of carbonyl (C=O) groups is 1. The Labute approximate surface area is 142 Å². The molecule has 0 fully saturated rings. The molecule has 0 bridgehead atoms. The predicted octanol–water partition coefficient (Wildman–Crippen LogP) is 3.10. The van der Waals surface area contributed by atoms with Gasteiger partial charge in [-0.25, -0.2) is 0 Å². The SMILES string of the molecule is COc1ccc(CCC(=O)Nc2ccc3c(c2)N(C)CCO3)cc1. The van der Waals surface area contributed by atoms with Crippen LogP contribution in [0.15, 0.2) is 42.5 Å². The Hall–Kier alpha value is -2.69. The second kappa shape index (κ2) is 7.25. The molecule has 0 radical (unpaired) electrons. The molecule has 2 aromatic rings. The molecule has 1 N–H and O–H groups in total. The number of nitrogens with one attached hydrogen (secondary N) is 1. The molecule has 1 heterocycles. The van der Waals surface area contributed by atoms with Gasteiger partial charge in [-0.1, -0.05) is 12.1 Å². The van der Waals surface area contributed by atoms with Crippen LogP contribution >= 0.6 is 0 Å². The second-order valence-electron chi connectivity index (χ2n) is 5.85. The number of hydrogen-bond acceptors (Lipinski definition) is 4. The van der Waals surface area contributed by atoms with Crippen molar-refractivity contribution < 1.29 is 14.3 Å². The number of anilines is 2. The number of fused-ring (bicyclic) bond motifs is 1. The molecule has 5 heteroatoms. The highest BCUT2D eigenvalue weighted by Gasteiger charge is 2.15. The highest BCUT2D eigenvalue weighted by molar-refractivity contribution is 5.91. The van der Waals surface area contributed by atoms with E-state index in [9.17, 15) is 4.79 Å². The van der Waals surface area contributed by atoms with E-state index in [1.807, 2.05) is 49.5 Å². The van der Waals surface area contributed by atoms with Crippen molar-refractivity contribution in [1.82, 2.24) is 0 Å². The van der Waals surface area contributed by atoms with E-state index in [4.69, 9.17) is 9.47 Å². The maximum atomic E-state index is 12.2. The second-order valence-corrected chi connectivity index (χ2v) is 5.85. The van der Waals surface area contributed by atoms with Gasteiger partial charge in [-0.2, -0.15) is 0 Å². The molecular formula is C19H22N2O3. The van der Waals surface area contributed by atoms with Gasteiger partial charge >= 0.3 is 0 Å². The normalized spacial score (nSPS) is 13.0. The van der Waals surface area contributed by atoms with E-state index < -0.39 is 0 Å². The zero-order valence-electron chi connectivity index (χ0n) is 14.0. The van der Waals surface area contributed by atoms with Crippen LogP contribution in [0.2, 0.25) is 0 Å². The molecule has 0 spiro atoms. The van der Waals surface area contributed by atoms with Crippen LogP contribution in [0.25, 0.3) is 0 Å². The number of methoxy groups -OCH3 is 1. The predicted molar refractivity (Wildman–Crippen MR) is 95.2 cm³/mol. The summed E-state index contributed by atoms with van der Waals surface area (Å²) < 4.78 is 10.7. The number of aryl methyl sites for hydroxylation is 1. The number of carbonyl (C=O) groups excluding carboxylic acids is 1. The highest BCUT2D eigenvalue weighted by atomic mass is 16.5. The lowest BCUT2D eigenvalue weighted by molar-refractivity contribution is -0.116. The first-order valence-corrected chi connectivity index (χ1v) is 8.06. The zero-order chi connectivity index (χ0) is 16.9. The Kier molecular flexibility index (Phi) is 4.89. The quantitative estimate of drug-likeness (QED) is 0.917. The smallest absolute Gasteiger partial charge is 0.224 e. The van der Waals surface area contributed by atoms with Crippen LogP contribution in [0, 0.1) is 0 Å². The summed E-state index contributed by atoms with van der Waals surface area (Å²) in [7, 11) is 3.67. The van der Waals surface area contributed by atoms with E-state index in [0.717, 1.165) is 35.0 Å². The van der Waals surface area contributed by atoms with Crippen molar-refractivity contribution in [2.75, 3.05) is 37.5 Å². The average Bonchev–Trinajstić information content (AvgIpc) is 2.61. The molecule has 0 atom stereocenters. The van der Waals surface area contributed by atoms with Gasteiger partial charge in [0.15, 0.2) is 0 Å². The van der Waals surface area contributed by atoms with E-state index >= 15 is 0 Å². The number of benzene rings is 2. The first-order valence-electron chi connectivity index (χ1n) is 8.06. The molecule has 126 valence electrons. The molecule has 2 aromatic carbocycles. The van der Waals surface area contributed by atoms with Crippen LogP contribution in [0.5, 0.6) is 11.5 Å². The molecule has 0 saturated carbocycles. The summed E-state index contributed by atoms with van der Waals surface area (Å²) >= 11 is 0. The maximum absolute atomic E-state index is 12.2. The van der Waals surface area contributed by atoms with Gasteiger partial charge in [-0.3, -0.25) is 4.79 Å². The highest BCUT2D eigenvalue weighted by Crippen LogP contribution is 2.33. The number of likely N-dealkylation sites (N-methyl/N-ethyl adjacent to an activating group) is 1. The molecule has 1 amide bonds. The molecule has 0 aromatic heterocycles. The Balaban J connectivity index is 1.57. The largest absolute Gasteiger partial charge is 0.497 e. The number of hydrogen-bond donors (Lipinski definition) is 1. The lowest BCUT2D eigenvalue weighted by Gasteiger charge is -2.28. The van der Waals surface area contributed by atoms with Crippen molar-refractivity contribution >= 4 is 17.3 Å². The summed E-state index contributed by atoms with van der Waals surface area (Å²) in [4.78, 5) is 14.3. The van der Waals surface area contributed by atoms with Crippen LogP contribution in [0.1, 0.15) is 12.0 Å². The van der Waals surface area contributed by atoms with Gasteiger partial charge < -0.3 is 19.7 Å². The van der Waals surface area contributed by atoms with E-state index in [0.29, 0.717) is 19.4 Å². The molecule has 3 rings (SSSR count). The van der Waals surface area contributed by atoms with Crippen molar-refractivity contribution in [3.8, 4) is 11.5 Å².